The number of ether oxygens (including phenoxy) is 1. The number of nitrogens with two attached hydrogens (primary N) is 2. The molecule has 0 spiro atoms. The van der Waals surface area contributed by atoms with Gasteiger partial charge < -0.3 is 9.84 Å². The molecule has 3 rings (SSSR count). The highest BCUT2D eigenvalue weighted by Crippen LogP contribution is 2.21. The normalized spacial score (nSPS) is 15.7. The van der Waals surface area contributed by atoms with Crippen molar-refractivity contribution in [2.75, 3.05) is 6.61 Å². The zero-order valence-electron chi connectivity index (χ0n) is 14.0. The summed E-state index contributed by atoms with van der Waals surface area (Å²) in [5.41, 5.74) is 13.1. The summed E-state index contributed by atoms with van der Waals surface area (Å²) in [6.45, 7) is 0.138. The Hall–Kier alpha value is -3.07. The van der Waals surface area contributed by atoms with Crippen LogP contribution in [0.2, 0.25) is 0 Å². The zero-order valence-corrected chi connectivity index (χ0v) is 14.0. The Kier molecular flexibility index (Phi) is 5.37. The lowest BCUT2D eigenvalue weighted by molar-refractivity contribution is 0.217. The Bertz CT molecular complexity index is 831. The number of aliphatic hydroxyl groups excluding tert-OH is 1. The Morgan fingerprint density at radius 3 is 2.42 bits per heavy atom. The first-order valence-corrected chi connectivity index (χ1v) is 8.02. The molecule has 0 unspecified atom stereocenters. The molecule has 0 aromatic heterocycles. The van der Waals surface area contributed by atoms with Crippen LogP contribution in [0.25, 0.3) is 0 Å². The van der Waals surface area contributed by atoms with Crippen molar-refractivity contribution in [3.8, 4) is 5.75 Å². The largest absolute Gasteiger partial charge is 0.463 e. The number of nitrogens with zero attached hydrogens (tertiary/aromatic N) is 3. The maximum Gasteiger partial charge on any atom is 0.201 e. The van der Waals surface area contributed by atoms with Crippen LogP contribution >= 0.6 is 0 Å². The number of hydrogen-bond acceptors (Lipinski definition) is 7. The third-order valence-corrected chi connectivity index (χ3v) is 3.67. The minimum atomic E-state index is -0.894. The van der Waals surface area contributed by atoms with Crippen molar-refractivity contribution >= 4 is 22.9 Å². The molecule has 1 aliphatic heterocycles. The van der Waals surface area contributed by atoms with Gasteiger partial charge in [-0.15, -0.1) is 0 Å². The first kappa shape index (κ1) is 17.7. The summed E-state index contributed by atoms with van der Waals surface area (Å²) in [7, 11) is 0. The molecule has 0 amide bonds. The molecule has 0 atom stereocenters. The Labute approximate surface area is 150 Å². The summed E-state index contributed by atoms with van der Waals surface area (Å²) >= 11 is 0. The minimum absolute atomic E-state index is 0.141. The van der Waals surface area contributed by atoms with E-state index in [0.717, 1.165) is 5.56 Å². The van der Waals surface area contributed by atoms with Crippen LogP contribution in [0.15, 0.2) is 64.7 Å². The molecule has 1 aliphatic rings. The number of rotatable bonds is 6. The van der Waals surface area contributed by atoms with Crippen molar-refractivity contribution in [1.82, 2.24) is 5.01 Å². The fourth-order valence-corrected chi connectivity index (χ4v) is 2.48. The second-order valence-corrected chi connectivity index (χ2v) is 5.63. The molecule has 8 nitrogen and oxygen atoms in total. The summed E-state index contributed by atoms with van der Waals surface area (Å²) in [4.78, 5) is 4.45. The lowest BCUT2D eigenvalue weighted by Crippen LogP contribution is -2.36. The molecule has 0 bridgehead atoms. The van der Waals surface area contributed by atoms with Crippen LogP contribution < -0.4 is 16.2 Å². The van der Waals surface area contributed by atoms with Gasteiger partial charge in [0.05, 0.1) is 18.8 Å². The van der Waals surface area contributed by atoms with Gasteiger partial charge in [0.1, 0.15) is 17.2 Å². The van der Waals surface area contributed by atoms with Gasteiger partial charge in [0.2, 0.25) is 6.35 Å². The summed E-state index contributed by atoms with van der Waals surface area (Å²) in [6, 6.07) is 16.5. The molecular formula is C18H20N6O2. The van der Waals surface area contributed by atoms with E-state index in [1.165, 1.54) is 5.01 Å². The van der Waals surface area contributed by atoms with E-state index in [4.69, 9.17) is 21.6 Å². The van der Waals surface area contributed by atoms with Gasteiger partial charge in [-0.2, -0.15) is 5.10 Å². The van der Waals surface area contributed by atoms with Crippen LogP contribution in [0, 0.1) is 5.41 Å². The average Bonchev–Trinajstić information content (AvgIpc) is 2.93. The van der Waals surface area contributed by atoms with Crippen LogP contribution in [-0.2, 0) is 6.54 Å². The van der Waals surface area contributed by atoms with Gasteiger partial charge >= 0.3 is 0 Å². The van der Waals surface area contributed by atoms with Gasteiger partial charge in [0.15, 0.2) is 5.84 Å². The van der Waals surface area contributed by atoms with E-state index < -0.39 is 6.35 Å². The zero-order chi connectivity index (χ0) is 18.5. The standard InChI is InChI=1S/C18H20N6O2/c19-17-16(22-13-6-8-14(9-7-13)26-18(20)21)15(11-25)23-24(17)10-12-4-2-1-3-5-12/h1-9,18-19,25H,10-11,20-21H2. The molecule has 0 saturated carbocycles. The lowest BCUT2D eigenvalue weighted by Gasteiger charge is -2.13. The summed E-state index contributed by atoms with van der Waals surface area (Å²) in [6.07, 6.45) is -0.894. The molecular weight excluding hydrogens is 332 g/mol. The van der Waals surface area contributed by atoms with Gasteiger partial charge in [0, 0.05) is 0 Å². The van der Waals surface area contributed by atoms with Crippen LogP contribution in [0.3, 0.4) is 0 Å². The van der Waals surface area contributed by atoms with E-state index in [2.05, 4.69) is 10.1 Å². The SMILES string of the molecule is N=C1C(=Nc2ccc(OC(N)N)cc2)C(CO)=NN1Cc1ccccc1. The van der Waals surface area contributed by atoms with Gasteiger partial charge in [-0.3, -0.25) is 16.9 Å². The molecule has 6 N–H and O–H groups in total. The summed E-state index contributed by atoms with van der Waals surface area (Å²) in [5.74, 6) is 0.661. The quantitative estimate of drug-likeness (QED) is 0.579. The maximum atomic E-state index is 9.58. The number of hydrogen-bond donors (Lipinski definition) is 4. The minimum Gasteiger partial charge on any atom is -0.463 e. The number of amidine groups is 1. The number of hydrazone groups is 1. The molecule has 134 valence electrons. The van der Waals surface area contributed by atoms with Crippen molar-refractivity contribution in [3.63, 3.8) is 0 Å². The molecule has 1 heterocycles. The summed E-state index contributed by atoms with van der Waals surface area (Å²) in [5, 5.41) is 23.7. The van der Waals surface area contributed by atoms with Crippen LogP contribution in [0.1, 0.15) is 5.56 Å². The maximum absolute atomic E-state index is 9.58. The first-order valence-electron chi connectivity index (χ1n) is 8.02. The van der Waals surface area contributed by atoms with Crippen molar-refractivity contribution in [3.05, 3.63) is 60.2 Å². The average molecular weight is 352 g/mol. The lowest BCUT2D eigenvalue weighted by atomic mass is 10.2. The van der Waals surface area contributed by atoms with Crippen molar-refractivity contribution in [2.45, 2.75) is 12.9 Å². The number of nitrogens with one attached hydrogen (secondary N) is 1. The highest BCUT2D eigenvalue weighted by Gasteiger charge is 2.28. The highest BCUT2D eigenvalue weighted by molar-refractivity contribution is 6.70. The topological polar surface area (TPSA) is 133 Å². The van der Waals surface area contributed by atoms with Gasteiger partial charge in [-0.1, -0.05) is 30.3 Å². The van der Waals surface area contributed by atoms with Crippen molar-refractivity contribution < 1.29 is 9.84 Å². The van der Waals surface area contributed by atoms with Gasteiger partial charge in [-0.05, 0) is 29.8 Å². The molecule has 8 heteroatoms. The monoisotopic (exact) mass is 352 g/mol. The third-order valence-electron chi connectivity index (χ3n) is 3.67. The van der Waals surface area contributed by atoms with E-state index in [0.29, 0.717) is 29.4 Å². The predicted molar refractivity (Wildman–Crippen MR) is 101 cm³/mol. The number of aliphatic imine (C=N–C) groups is 1. The highest BCUT2D eigenvalue weighted by atomic mass is 16.5. The van der Waals surface area contributed by atoms with Gasteiger partial charge in [-0.25, -0.2) is 10.0 Å². The van der Waals surface area contributed by atoms with Crippen molar-refractivity contribution in [2.24, 2.45) is 21.6 Å². The van der Waals surface area contributed by atoms with Crippen molar-refractivity contribution in [1.29, 1.82) is 5.41 Å². The fraction of sp³-hybridized carbons (Fsp3) is 0.167. The second kappa shape index (κ2) is 7.87. The van der Waals surface area contributed by atoms with E-state index in [1.54, 1.807) is 24.3 Å². The Balaban J connectivity index is 1.79. The van der Waals surface area contributed by atoms with Crippen LogP contribution in [0.4, 0.5) is 5.69 Å². The molecule has 0 saturated heterocycles. The van der Waals surface area contributed by atoms with Crippen LogP contribution in [-0.4, -0.2) is 40.3 Å². The molecule has 0 radical (unpaired) electrons. The predicted octanol–water partition coefficient (Wildman–Crippen LogP) is 1.18. The first-order chi connectivity index (χ1) is 12.6. The van der Waals surface area contributed by atoms with Gasteiger partial charge in [0.25, 0.3) is 0 Å². The molecule has 2 aromatic rings. The van der Waals surface area contributed by atoms with E-state index in [-0.39, 0.29) is 12.4 Å². The summed E-state index contributed by atoms with van der Waals surface area (Å²) < 4.78 is 5.18. The molecule has 0 fully saturated rings. The van der Waals surface area contributed by atoms with E-state index >= 15 is 0 Å². The Morgan fingerprint density at radius 2 is 1.81 bits per heavy atom. The number of aliphatic hydroxyl groups is 1. The molecule has 26 heavy (non-hydrogen) atoms. The fourth-order valence-electron chi connectivity index (χ4n) is 2.48. The van der Waals surface area contributed by atoms with E-state index in [9.17, 15) is 5.11 Å². The molecule has 0 aliphatic carbocycles. The number of benzene rings is 2. The second-order valence-electron chi connectivity index (χ2n) is 5.63. The van der Waals surface area contributed by atoms with E-state index in [1.807, 2.05) is 30.3 Å². The third kappa shape index (κ3) is 4.12. The molecule has 2 aromatic carbocycles. The Morgan fingerprint density at radius 1 is 1.12 bits per heavy atom. The van der Waals surface area contributed by atoms with Crippen LogP contribution in [0.5, 0.6) is 5.75 Å². The smallest absolute Gasteiger partial charge is 0.201 e.